The zero-order valence-corrected chi connectivity index (χ0v) is 18.5. The zero-order chi connectivity index (χ0) is 24.1. The molecule has 34 heavy (non-hydrogen) atoms. The molecule has 1 atom stereocenters. The third kappa shape index (κ3) is 5.20. The van der Waals surface area contributed by atoms with Crippen LogP contribution in [0.1, 0.15) is 51.1 Å². The molecular formula is C25H25N3O6. The molecule has 2 heterocycles. The van der Waals surface area contributed by atoms with Crippen molar-refractivity contribution < 1.29 is 28.7 Å². The molecule has 0 saturated carbocycles. The summed E-state index contributed by atoms with van der Waals surface area (Å²) in [7, 11) is 0. The second-order valence-corrected chi connectivity index (χ2v) is 8.26. The van der Waals surface area contributed by atoms with Gasteiger partial charge in [0.1, 0.15) is 12.6 Å². The van der Waals surface area contributed by atoms with Gasteiger partial charge < -0.3 is 10.1 Å². The number of hydrogen-bond acceptors (Lipinski definition) is 6. The first-order valence-electron chi connectivity index (χ1n) is 11.2. The number of carbonyl (C=O) groups excluding carboxylic acids is 5. The van der Waals surface area contributed by atoms with Crippen LogP contribution in [0, 0.1) is 0 Å². The van der Waals surface area contributed by atoms with E-state index >= 15 is 0 Å². The van der Waals surface area contributed by atoms with E-state index in [1.807, 2.05) is 30.3 Å². The van der Waals surface area contributed by atoms with Crippen LogP contribution in [0.5, 0.6) is 0 Å². The highest BCUT2D eigenvalue weighted by Gasteiger charge is 2.44. The molecule has 9 heteroatoms. The van der Waals surface area contributed by atoms with Gasteiger partial charge in [-0.05, 0) is 42.5 Å². The van der Waals surface area contributed by atoms with E-state index in [9.17, 15) is 24.0 Å². The fraction of sp³-hybridized carbons (Fsp3) is 0.320. The molecular weight excluding hydrogens is 438 g/mol. The van der Waals surface area contributed by atoms with E-state index in [2.05, 4.69) is 10.6 Å². The van der Waals surface area contributed by atoms with Gasteiger partial charge in [0.15, 0.2) is 0 Å². The standard InChI is InChI=1S/C25H25N3O6/c29-21-11-10-20(23(31)27-21)28-24(32)18-9-8-16(13-19(18)25(28)33)7-4-12-26-22(30)15-34-14-17-5-2-1-3-6-17/h1-3,5-6,8-9,13,20H,4,7,10-12,14-15H2,(H,26,30)(H,27,29,31). The number of fused-ring (bicyclic) bond motifs is 1. The molecule has 2 aliphatic heterocycles. The van der Waals surface area contributed by atoms with Crippen LogP contribution in [-0.4, -0.2) is 53.6 Å². The molecule has 2 N–H and O–H groups in total. The lowest BCUT2D eigenvalue weighted by atomic mass is 10.0. The van der Waals surface area contributed by atoms with Gasteiger partial charge >= 0.3 is 0 Å². The van der Waals surface area contributed by atoms with E-state index in [-0.39, 0.29) is 36.5 Å². The summed E-state index contributed by atoms with van der Waals surface area (Å²) >= 11 is 0. The van der Waals surface area contributed by atoms with Crippen LogP contribution in [0.25, 0.3) is 0 Å². The first-order chi connectivity index (χ1) is 16.4. The Morgan fingerprint density at radius 1 is 1.00 bits per heavy atom. The molecule has 176 valence electrons. The number of nitrogens with zero attached hydrogens (tertiary/aromatic N) is 1. The van der Waals surface area contributed by atoms with Gasteiger partial charge in [-0.2, -0.15) is 0 Å². The predicted molar refractivity (Wildman–Crippen MR) is 121 cm³/mol. The number of ether oxygens (including phenoxy) is 1. The van der Waals surface area contributed by atoms with Gasteiger partial charge in [-0.1, -0.05) is 36.4 Å². The molecule has 5 amide bonds. The number of nitrogens with one attached hydrogen (secondary N) is 2. The van der Waals surface area contributed by atoms with Gasteiger partial charge in [0, 0.05) is 13.0 Å². The smallest absolute Gasteiger partial charge is 0.262 e. The van der Waals surface area contributed by atoms with Crippen LogP contribution < -0.4 is 10.6 Å². The molecule has 9 nitrogen and oxygen atoms in total. The van der Waals surface area contributed by atoms with Crippen molar-refractivity contribution in [1.82, 2.24) is 15.5 Å². The summed E-state index contributed by atoms with van der Waals surface area (Å²) in [6.07, 6.45) is 1.44. The summed E-state index contributed by atoms with van der Waals surface area (Å²) in [6, 6.07) is 13.6. The van der Waals surface area contributed by atoms with Crippen molar-refractivity contribution in [2.75, 3.05) is 13.2 Å². The van der Waals surface area contributed by atoms with Gasteiger partial charge in [-0.15, -0.1) is 0 Å². The van der Waals surface area contributed by atoms with Crippen LogP contribution in [0.4, 0.5) is 0 Å². The van der Waals surface area contributed by atoms with E-state index in [1.165, 1.54) is 0 Å². The Morgan fingerprint density at radius 3 is 2.53 bits per heavy atom. The molecule has 1 saturated heterocycles. The number of benzene rings is 2. The van der Waals surface area contributed by atoms with Crippen molar-refractivity contribution in [2.45, 2.75) is 38.3 Å². The van der Waals surface area contributed by atoms with E-state index < -0.39 is 29.7 Å². The predicted octanol–water partition coefficient (Wildman–Crippen LogP) is 1.35. The van der Waals surface area contributed by atoms with Gasteiger partial charge in [-0.25, -0.2) is 0 Å². The Hall–Kier alpha value is -3.85. The van der Waals surface area contributed by atoms with Crippen LogP contribution in [0.2, 0.25) is 0 Å². The highest BCUT2D eigenvalue weighted by molar-refractivity contribution is 6.23. The number of hydrogen-bond donors (Lipinski definition) is 2. The zero-order valence-electron chi connectivity index (χ0n) is 18.5. The maximum absolute atomic E-state index is 12.9. The topological polar surface area (TPSA) is 122 Å². The first-order valence-corrected chi connectivity index (χ1v) is 11.2. The van der Waals surface area contributed by atoms with E-state index in [0.29, 0.717) is 26.0 Å². The van der Waals surface area contributed by atoms with E-state index in [4.69, 9.17) is 4.74 Å². The minimum absolute atomic E-state index is 0.0273. The maximum atomic E-state index is 12.9. The Bertz CT molecular complexity index is 1130. The highest BCUT2D eigenvalue weighted by Crippen LogP contribution is 2.28. The minimum atomic E-state index is -0.979. The first kappa shape index (κ1) is 23.3. The number of carbonyl (C=O) groups is 5. The van der Waals surface area contributed by atoms with Crippen LogP contribution in [0.15, 0.2) is 48.5 Å². The largest absolute Gasteiger partial charge is 0.367 e. The summed E-state index contributed by atoms with van der Waals surface area (Å²) in [5.74, 6) is -2.29. The molecule has 2 aromatic carbocycles. The van der Waals surface area contributed by atoms with Gasteiger partial charge in [-0.3, -0.25) is 34.2 Å². The monoisotopic (exact) mass is 463 g/mol. The third-order valence-electron chi connectivity index (χ3n) is 5.81. The molecule has 2 aliphatic rings. The number of aryl methyl sites for hydroxylation is 1. The Labute approximate surface area is 196 Å². The van der Waals surface area contributed by atoms with Crippen LogP contribution in [0.3, 0.4) is 0 Å². The SMILES string of the molecule is O=C(COCc1ccccc1)NCCCc1ccc2c(c1)C(=O)N(C1CCC(=O)NC1=O)C2=O. The van der Waals surface area contributed by atoms with Crippen molar-refractivity contribution in [3.05, 3.63) is 70.8 Å². The van der Waals surface area contributed by atoms with Crippen LogP contribution >= 0.6 is 0 Å². The highest BCUT2D eigenvalue weighted by atomic mass is 16.5. The molecule has 4 rings (SSSR count). The molecule has 0 spiro atoms. The Balaban J connectivity index is 1.25. The lowest BCUT2D eigenvalue weighted by Crippen LogP contribution is -2.54. The normalized spacial score (nSPS) is 17.5. The Kier molecular flexibility index (Phi) is 7.12. The average Bonchev–Trinajstić information content (AvgIpc) is 3.07. The third-order valence-corrected chi connectivity index (χ3v) is 5.81. The van der Waals surface area contributed by atoms with Gasteiger partial charge in [0.05, 0.1) is 17.7 Å². The quantitative estimate of drug-likeness (QED) is 0.428. The molecule has 0 aromatic heterocycles. The maximum Gasteiger partial charge on any atom is 0.262 e. The van der Waals surface area contributed by atoms with Crippen molar-refractivity contribution in [3.63, 3.8) is 0 Å². The lowest BCUT2D eigenvalue weighted by Gasteiger charge is -2.27. The molecule has 2 aromatic rings. The summed E-state index contributed by atoms with van der Waals surface area (Å²) in [6.45, 7) is 0.784. The van der Waals surface area contributed by atoms with Gasteiger partial charge in [0.25, 0.3) is 11.8 Å². The lowest BCUT2D eigenvalue weighted by molar-refractivity contribution is -0.136. The Morgan fingerprint density at radius 2 is 1.76 bits per heavy atom. The van der Waals surface area contributed by atoms with Crippen molar-refractivity contribution >= 4 is 29.5 Å². The molecule has 0 aliphatic carbocycles. The van der Waals surface area contributed by atoms with Crippen LogP contribution in [-0.2, 0) is 32.1 Å². The molecule has 1 fully saturated rings. The summed E-state index contributed by atoms with van der Waals surface area (Å²) in [5.41, 5.74) is 2.35. The number of rotatable bonds is 9. The van der Waals surface area contributed by atoms with E-state index in [0.717, 1.165) is 16.0 Å². The summed E-state index contributed by atoms with van der Waals surface area (Å²) < 4.78 is 5.41. The number of amides is 5. The summed E-state index contributed by atoms with van der Waals surface area (Å²) in [5, 5.41) is 4.98. The molecule has 0 bridgehead atoms. The van der Waals surface area contributed by atoms with Crippen molar-refractivity contribution in [3.8, 4) is 0 Å². The summed E-state index contributed by atoms with van der Waals surface area (Å²) in [4.78, 5) is 62.0. The molecule has 0 radical (unpaired) electrons. The van der Waals surface area contributed by atoms with Crippen molar-refractivity contribution in [1.29, 1.82) is 0 Å². The fourth-order valence-electron chi connectivity index (χ4n) is 4.08. The number of imide groups is 2. The van der Waals surface area contributed by atoms with E-state index in [1.54, 1.807) is 18.2 Å². The average molecular weight is 463 g/mol. The second-order valence-electron chi connectivity index (χ2n) is 8.26. The second kappa shape index (κ2) is 10.4. The van der Waals surface area contributed by atoms with Gasteiger partial charge in [0.2, 0.25) is 17.7 Å². The molecule has 1 unspecified atom stereocenters. The van der Waals surface area contributed by atoms with Crippen molar-refractivity contribution in [2.24, 2.45) is 0 Å². The minimum Gasteiger partial charge on any atom is -0.367 e. The number of piperidine rings is 1. The fourth-order valence-corrected chi connectivity index (χ4v) is 4.08.